The van der Waals surface area contributed by atoms with Crippen LogP contribution in [0.15, 0.2) is 12.2 Å². The maximum atomic E-state index is 9.91. The highest BCUT2D eigenvalue weighted by Gasteiger charge is 2.08. The van der Waals surface area contributed by atoms with Gasteiger partial charge in [-0.25, -0.2) is 0 Å². The Morgan fingerprint density at radius 2 is 2.30 bits per heavy atom. The molecule has 1 aliphatic rings. The van der Waals surface area contributed by atoms with E-state index in [1.54, 1.807) is 0 Å². The van der Waals surface area contributed by atoms with Crippen LogP contribution in [0.25, 0.3) is 0 Å². The van der Waals surface area contributed by atoms with Gasteiger partial charge in [0.25, 0.3) is 0 Å². The maximum absolute atomic E-state index is 9.91. The first kappa shape index (κ1) is 7.48. The number of carbonyl (C=O) groups excluding carboxylic acids is 1. The van der Waals surface area contributed by atoms with Gasteiger partial charge in [-0.3, -0.25) is 4.79 Å². The largest absolute Gasteiger partial charge is 0.374 e. The molecule has 1 heterocycles. The Balaban J connectivity index is 2.25. The first-order chi connectivity index (χ1) is 4.93. The Bertz CT molecular complexity index is 123. The van der Waals surface area contributed by atoms with E-state index < -0.39 is 0 Å². The van der Waals surface area contributed by atoms with E-state index in [2.05, 4.69) is 0 Å². The summed E-state index contributed by atoms with van der Waals surface area (Å²) in [5.74, 6) is 0. The predicted octanol–water partition coefficient (Wildman–Crippen LogP) is 1.31. The van der Waals surface area contributed by atoms with Crippen LogP contribution in [0, 0.1) is 0 Å². The second-order valence-electron chi connectivity index (χ2n) is 2.43. The van der Waals surface area contributed by atoms with Crippen molar-refractivity contribution in [3.8, 4) is 0 Å². The monoisotopic (exact) mass is 140 g/mol. The van der Waals surface area contributed by atoms with E-state index in [1.165, 1.54) is 12.5 Å². The quantitative estimate of drug-likeness (QED) is 0.427. The van der Waals surface area contributed by atoms with E-state index in [4.69, 9.17) is 4.74 Å². The minimum absolute atomic E-state index is 0.193. The molecule has 0 aromatic heterocycles. The average molecular weight is 140 g/mol. The molecule has 1 saturated heterocycles. The zero-order chi connectivity index (χ0) is 7.23. The number of hydrogen-bond acceptors (Lipinski definition) is 2. The van der Waals surface area contributed by atoms with Crippen LogP contribution in [-0.2, 0) is 9.53 Å². The SMILES string of the molecule is O=C/C=C/C1CCCCO1. The summed E-state index contributed by atoms with van der Waals surface area (Å²) in [6, 6.07) is 0. The summed E-state index contributed by atoms with van der Waals surface area (Å²) in [4.78, 5) is 9.91. The van der Waals surface area contributed by atoms with Gasteiger partial charge in [0.2, 0.25) is 0 Å². The molecule has 56 valence electrons. The zero-order valence-corrected chi connectivity index (χ0v) is 5.95. The Hall–Kier alpha value is -0.630. The van der Waals surface area contributed by atoms with Crippen LogP contribution < -0.4 is 0 Å². The van der Waals surface area contributed by atoms with E-state index in [9.17, 15) is 4.79 Å². The Morgan fingerprint density at radius 3 is 2.90 bits per heavy atom. The van der Waals surface area contributed by atoms with E-state index in [-0.39, 0.29) is 6.10 Å². The molecule has 1 atom stereocenters. The van der Waals surface area contributed by atoms with Gasteiger partial charge in [0.05, 0.1) is 6.10 Å². The van der Waals surface area contributed by atoms with E-state index in [0.29, 0.717) is 0 Å². The fourth-order valence-corrected chi connectivity index (χ4v) is 1.09. The van der Waals surface area contributed by atoms with E-state index in [1.807, 2.05) is 6.08 Å². The van der Waals surface area contributed by atoms with Crippen molar-refractivity contribution in [3.63, 3.8) is 0 Å². The van der Waals surface area contributed by atoms with Crippen molar-refractivity contribution in [1.29, 1.82) is 0 Å². The van der Waals surface area contributed by atoms with Crippen LogP contribution in [0.2, 0.25) is 0 Å². The second-order valence-corrected chi connectivity index (χ2v) is 2.43. The Labute approximate surface area is 60.9 Å². The minimum atomic E-state index is 0.193. The summed E-state index contributed by atoms with van der Waals surface area (Å²) in [7, 11) is 0. The molecule has 10 heavy (non-hydrogen) atoms. The molecule has 0 radical (unpaired) electrons. The molecule has 1 fully saturated rings. The van der Waals surface area contributed by atoms with Crippen molar-refractivity contribution in [2.75, 3.05) is 6.61 Å². The molecule has 0 aromatic rings. The molecule has 2 nitrogen and oxygen atoms in total. The molecule has 1 unspecified atom stereocenters. The van der Waals surface area contributed by atoms with Crippen molar-refractivity contribution in [3.05, 3.63) is 12.2 Å². The van der Waals surface area contributed by atoms with E-state index in [0.717, 1.165) is 25.7 Å². The van der Waals surface area contributed by atoms with Gasteiger partial charge < -0.3 is 4.74 Å². The molecule has 0 bridgehead atoms. The topological polar surface area (TPSA) is 26.3 Å². The molecule has 0 amide bonds. The summed E-state index contributed by atoms with van der Waals surface area (Å²) in [6.07, 6.45) is 7.75. The second kappa shape index (κ2) is 4.23. The van der Waals surface area contributed by atoms with Crippen molar-refractivity contribution in [2.24, 2.45) is 0 Å². The van der Waals surface area contributed by atoms with Crippen molar-refractivity contribution >= 4 is 6.29 Å². The number of carbonyl (C=O) groups is 1. The first-order valence-corrected chi connectivity index (χ1v) is 3.67. The van der Waals surface area contributed by atoms with Gasteiger partial charge in [-0.05, 0) is 25.3 Å². The summed E-state index contributed by atoms with van der Waals surface area (Å²) in [6.45, 7) is 0.841. The zero-order valence-electron chi connectivity index (χ0n) is 5.95. The van der Waals surface area contributed by atoms with Crippen LogP contribution in [0.3, 0.4) is 0 Å². The average Bonchev–Trinajstić information content (AvgIpc) is 2.03. The summed E-state index contributed by atoms with van der Waals surface area (Å²) in [5, 5.41) is 0. The molecular formula is C8H12O2. The lowest BCUT2D eigenvalue weighted by molar-refractivity contribution is -0.104. The van der Waals surface area contributed by atoms with Crippen LogP contribution >= 0.6 is 0 Å². The third-order valence-corrected chi connectivity index (χ3v) is 1.62. The number of aldehydes is 1. The van der Waals surface area contributed by atoms with Crippen LogP contribution in [0.1, 0.15) is 19.3 Å². The van der Waals surface area contributed by atoms with Gasteiger partial charge in [0.1, 0.15) is 6.29 Å². The third-order valence-electron chi connectivity index (χ3n) is 1.62. The van der Waals surface area contributed by atoms with Gasteiger partial charge in [-0.1, -0.05) is 6.08 Å². The number of hydrogen-bond donors (Lipinski definition) is 0. The Kier molecular flexibility index (Phi) is 3.16. The minimum Gasteiger partial charge on any atom is -0.374 e. The molecule has 0 spiro atoms. The maximum Gasteiger partial charge on any atom is 0.142 e. The van der Waals surface area contributed by atoms with Crippen LogP contribution in [0.4, 0.5) is 0 Å². The normalized spacial score (nSPS) is 27.0. The summed E-state index contributed by atoms with van der Waals surface area (Å²) < 4.78 is 5.33. The number of ether oxygens (including phenoxy) is 1. The highest BCUT2D eigenvalue weighted by Crippen LogP contribution is 2.12. The molecular weight excluding hydrogens is 128 g/mol. The van der Waals surface area contributed by atoms with Gasteiger partial charge in [-0.15, -0.1) is 0 Å². The molecule has 2 heteroatoms. The van der Waals surface area contributed by atoms with Crippen molar-refractivity contribution in [1.82, 2.24) is 0 Å². The molecule has 1 rings (SSSR count). The summed E-state index contributed by atoms with van der Waals surface area (Å²) >= 11 is 0. The van der Waals surface area contributed by atoms with Crippen LogP contribution in [0.5, 0.6) is 0 Å². The van der Waals surface area contributed by atoms with Gasteiger partial charge in [0.15, 0.2) is 0 Å². The smallest absolute Gasteiger partial charge is 0.142 e. The fraction of sp³-hybridized carbons (Fsp3) is 0.625. The van der Waals surface area contributed by atoms with E-state index >= 15 is 0 Å². The van der Waals surface area contributed by atoms with Gasteiger partial charge >= 0.3 is 0 Å². The van der Waals surface area contributed by atoms with Crippen molar-refractivity contribution in [2.45, 2.75) is 25.4 Å². The lowest BCUT2D eigenvalue weighted by Gasteiger charge is -2.18. The molecule has 0 aromatic carbocycles. The summed E-state index contributed by atoms with van der Waals surface area (Å²) in [5.41, 5.74) is 0. The Morgan fingerprint density at radius 1 is 1.40 bits per heavy atom. The van der Waals surface area contributed by atoms with Crippen molar-refractivity contribution < 1.29 is 9.53 Å². The fourth-order valence-electron chi connectivity index (χ4n) is 1.09. The molecule has 0 aliphatic carbocycles. The first-order valence-electron chi connectivity index (χ1n) is 3.67. The number of rotatable bonds is 2. The van der Waals surface area contributed by atoms with Gasteiger partial charge in [-0.2, -0.15) is 0 Å². The highest BCUT2D eigenvalue weighted by atomic mass is 16.5. The lowest BCUT2D eigenvalue weighted by Crippen LogP contribution is -2.16. The predicted molar refractivity (Wildman–Crippen MR) is 38.8 cm³/mol. The molecule has 0 saturated carbocycles. The number of allylic oxidation sites excluding steroid dienone is 1. The molecule has 1 aliphatic heterocycles. The lowest BCUT2D eigenvalue weighted by atomic mass is 10.1. The highest BCUT2D eigenvalue weighted by molar-refractivity contribution is 5.64. The molecule has 0 N–H and O–H groups in total. The van der Waals surface area contributed by atoms with Crippen LogP contribution in [-0.4, -0.2) is 19.0 Å². The standard InChI is InChI=1S/C8H12O2/c9-6-3-5-8-4-1-2-7-10-8/h3,5-6,8H,1-2,4,7H2/b5-3+. The van der Waals surface area contributed by atoms with Gasteiger partial charge in [0, 0.05) is 6.61 Å². The third kappa shape index (κ3) is 2.31.